The molecule has 2 aromatic rings. The standard InChI is InChI=1S/C13H16BrN5O4/c1-2-22-12(21)7-4-3-6(5-23-7)10-16-9(14)8-11(20)17-13(15)18-19(8)10/h6-7H,2-5H2,1H3,(H3,15,17,18,20). The molecule has 1 fully saturated rings. The summed E-state index contributed by atoms with van der Waals surface area (Å²) in [6, 6.07) is 0. The van der Waals surface area contributed by atoms with Gasteiger partial charge in [-0.2, -0.15) is 4.98 Å². The van der Waals surface area contributed by atoms with Crippen LogP contribution in [0.5, 0.6) is 5.88 Å². The van der Waals surface area contributed by atoms with Crippen LogP contribution in [0.25, 0.3) is 5.52 Å². The van der Waals surface area contributed by atoms with Gasteiger partial charge in [-0.1, -0.05) is 0 Å². The van der Waals surface area contributed by atoms with Crippen LogP contribution in [0.3, 0.4) is 0 Å². The van der Waals surface area contributed by atoms with E-state index >= 15 is 0 Å². The van der Waals surface area contributed by atoms with E-state index in [0.29, 0.717) is 42.0 Å². The fourth-order valence-corrected chi connectivity index (χ4v) is 3.14. The normalized spacial score (nSPS) is 21.5. The van der Waals surface area contributed by atoms with Crippen molar-refractivity contribution in [3.05, 3.63) is 10.4 Å². The van der Waals surface area contributed by atoms with Crippen molar-refractivity contribution >= 4 is 33.4 Å². The molecule has 3 N–H and O–H groups in total. The Morgan fingerprint density at radius 2 is 2.30 bits per heavy atom. The van der Waals surface area contributed by atoms with Gasteiger partial charge in [0.25, 0.3) is 0 Å². The second-order valence-corrected chi connectivity index (χ2v) is 5.91. The molecular weight excluding hydrogens is 370 g/mol. The number of hydrogen-bond donors (Lipinski definition) is 2. The van der Waals surface area contributed by atoms with Gasteiger partial charge in [0.05, 0.1) is 13.2 Å². The fourth-order valence-electron chi connectivity index (χ4n) is 2.62. The number of nitrogens with two attached hydrogens (primary N) is 1. The first kappa shape index (κ1) is 15.9. The van der Waals surface area contributed by atoms with Gasteiger partial charge in [0.15, 0.2) is 11.6 Å². The minimum atomic E-state index is -0.547. The van der Waals surface area contributed by atoms with Crippen molar-refractivity contribution in [2.75, 3.05) is 18.9 Å². The highest BCUT2D eigenvalue weighted by Crippen LogP contribution is 2.33. The molecule has 1 saturated heterocycles. The Labute approximate surface area is 139 Å². The third-order valence-electron chi connectivity index (χ3n) is 3.66. The zero-order valence-electron chi connectivity index (χ0n) is 12.4. The quantitative estimate of drug-likeness (QED) is 0.749. The topological polar surface area (TPSA) is 125 Å². The Morgan fingerprint density at radius 1 is 1.52 bits per heavy atom. The van der Waals surface area contributed by atoms with Gasteiger partial charge < -0.3 is 20.3 Å². The van der Waals surface area contributed by atoms with Crippen molar-refractivity contribution in [1.82, 2.24) is 19.6 Å². The monoisotopic (exact) mass is 385 g/mol. The number of fused-ring (bicyclic) bond motifs is 1. The molecule has 1 aliphatic rings. The number of ether oxygens (including phenoxy) is 2. The van der Waals surface area contributed by atoms with Crippen LogP contribution in [0, 0.1) is 0 Å². The van der Waals surface area contributed by atoms with E-state index in [1.807, 2.05) is 0 Å². The minimum absolute atomic E-state index is 0.0534. The first-order valence-corrected chi connectivity index (χ1v) is 7.99. The van der Waals surface area contributed by atoms with Crippen LogP contribution in [-0.4, -0.2) is 50.0 Å². The lowest BCUT2D eigenvalue weighted by molar-refractivity contribution is -0.160. The Morgan fingerprint density at radius 3 is 2.96 bits per heavy atom. The van der Waals surface area contributed by atoms with E-state index in [-0.39, 0.29) is 23.7 Å². The number of nitrogens with zero attached hydrogens (tertiary/aromatic N) is 4. The molecule has 2 aromatic heterocycles. The van der Waals surface area contributed by atoms with Gasteiger partial charge in [0, 0.05) is 5.92 Å². The molecule has 3 rings (SSSR count). The molecule has 1 aliphatic heterocycles. The van der Waals surface area contributed by atoms with Gasteiger partial charge in [-0.25, -0.2) is 14.3 Å². The van der Waals surface area contributed by atoms with Crippen LogP contribution in [0.4, 0.5) is 5.95 Å². The van der Waals surface area contributed by atoms with E-state index in [4.69, 9.17) is 15.2 Å². The average Bonchev–Trinajstić information content (AvgIpc) is 2.84. The van der Waals surface area contributed by atoms with Crippen molar-refractivity contribution < 1.29 is 19.4 Å². The molecule has 0 aromatic carbocycles. The molecule has 0 bridgehead atoms. The molecule has 0 radical (unpaired) electrons. The summed E-state index contributed by atoms with van der Waals surface area (Å²) in [7, 11) is 0. The van der Waals surface area contributed by atoms with E-state index in [2.05, 4.69) is 31.0 Å². The molecular formula is C13H16BrN5O4. The maximum Gasteiger partial charge on any atom is 0.335 e. The molecule has 0 aliphatic carbocycles. The number of carbonyl (C=O) groups is 1. The van der Waals surface area contributed by atoms with Crippen LogP contribution in [0.1, 0.15) is 31.5 Å². The Bertz CT molecular complexity index is 742. The highest BCUT2D eigenvalue weighted by atomic mass is 79.9. The first-order chi connectivity index (χ1) is 11.0. The van der Waals surface area contributed by atoms with Crippen molar-refractivity contribution in [1.29, 1.82) is 0 Å². The SMILES string of the molecule is CCOC(=O)C1CCC(c2nc(Br)c3c(O)nc(N)nn23)CO1. The van der Waals surface area contributed by atoms with Crippen LogP contribution in [0.15, 0.2) is 4.60 Å². The van der Waals surface area contributed by atoms with E-state index in [0.717, 1.165) is 0 Å². The smallest absolute Gasteiger partial charge is 0.335 e. The molecule has 10 heteroatoms. The maximum atomic E-state index is 11.7. The van der Waals surface area contributed by atoms with E-state index in [9.17, 15) is 9.90 Å². The highest BCUT2D eigenvalue weighted by Gasteiger charge is 2.32. The van der Waals surface area contributed by atoms with Crippen molar-refractivity contribution in [3.63, 3.8) is 0 Å². The molecule has 23 heavy (non-hydrogen) atoms. The highest BCUT2D eigenvalue weighted by molar-refractivity contribution is 9.10. The summed E-state index contributed by atoms with van der Waals surface area (Å²) in [5.41, 5.74) is 5.94. The number of hydrogen-bond acceptors (Lipinski definition) is 8. The van der Waals surface area contributed by atoms with Gasteiger partial charge in [-0.15, -0.1) is 5.10 Å². The summed E-state index contributed by atoms with van der Waals surface area (Å²) in [4.78, 5) is 19.8. The number of nitrogen functional groups attached to an aromatic ring is 1. The fraction of sp³-hybridized carbons (Fsp3) is 0.538. The molecule has 9 nitrogen and oxygen atoms in total. The summed E-state index contributed by atoms with van der Waals surface area (Å²) in [6.45, 7) is 2.39. The summed E-state index contributed by atoms with van der Waals surface area (Å²) >= 11 is 3.29. The number of rotatable bonds is 3. The van der Waals surface area contributed by atoms with Crippen molar-refractivity contribution in [2.24, 2.45) is 0 Å². The molecule has 0 spiro atoms. The third-order valence-corrected chi connectivity index (χ3v) is 4.22. The minimum Gasteiger partial charge on any atom is -0.492 e. The van der Waals surface area contributed by atoms with Gasteiger partial charge in [0.1, 0.15) is 10.4 Å². The van der Waals surface area contributed by atoms with E-state index in [1.54, 1.807) is 6.92 Å². The van der Waals surface area contributed by atoms with Crippen molar-refractivity contribution in [3.8, 4) is 5.88 Å². The maximum absolute atomic E-state index is 11.7. The molecule has 124 valence electrons. The number of aromatic nitrogens is 4. The number of anilines is 1. The Hall–Kier alpha value is -1.94. The summed E-state index contributed by atoms with van der Waals surface area (Å²) in [5.74, 6) is -0.123. The van der Waals surface area contributed by atoms with Crippen LogP contribution in [-0.2, 0) is 14.3 Å². The lowest BCUT2D eigenvalue weighted by Gasteiger charge is -2.26. The largest absolute Gasteiger partial charge is 0.492 e. The molecule has 3 heterocycles. The number of imidazole rings is 1. The average molecular weight is 386 g/mol. The Balaban J connectivity index is 1.84. The Kier molecular flexibility index (Phi) is 4.35. The van der Waals surface area contributed by atoms with E-state index < -0.39 is 6.10 Å². The zero-order chi connectivity index (χ0) is 16.6. The lowest BCUT2D eigenvalue weighted by Crippen LogP contribution is -2.33. The van der Waals surface area contributed by atoms with Crippen molar-refractivity contribution in [2.45, 2.75) is 31.8 Å². The number of aromatic hydroxyl groups is 1. The second kappa shape index (κ2) is 6.28. The molecule has 2 unspecified atom stereocenters. The molecule has 0 saturated carbocycles. The van der Waals surface area contributed by atoms with Gasteiger partial charge in [0.2, 0.25) is 11.8 Å². The first-order valence-electron chi connectivity index (χ1n) is 7.20. The summed E-state index contributed by atoms with van der Waals surface area (Å²) in [5, 5.41) is 14.0. The number of halogens is 1. The molecule has 0 amide bonds. The lowest BCUT2D eigenvalue weighted by atomic mass is 9.98. The van der Waals surface area contributed by atoms with Gasteiger partial charge >= 0.3 is 5.97 Å². The number of esters is 1. The van der Waals surface area contributed by atoms with Crippen LogP contribution >= 0.6 is 15.9 Å². The van der Waals surface area contributed by atoms with Crippen LogP contribution in [0.2, 0.25) is 0 Å². The third kappa shape index (κ3) is 2.95. The van der Waals surface area contributed by atoms with Gasteiger partial charge in [-0.05, 0) is 35.7 Å². The summed E-state index contributed by atoms with van der Waals surface area (Å²) in [6.07, 6.45) is 0.663. The zero-order valence-corrected chi connectivity index (χ0v) is 14.0. The second-order valence-electron chi connectivity index (χ2n) is 5.16. The van der Waals surface area contributed by atoms with Gasteiger partial charge in [-0.3, -0.25) is 0 Å². The predicted octanol–water partition coefficient (Wildman–Crippen LogP) is 1.00. The van der Waals surface area contributed by atoms with E-state index in [1.165, 1.54) is 4.52 Å². The number of carbonyl (C=O) groups excluding carboxylic acids is 1. The molecule has 2 atom stereocenters. The predicted molar refractivity (Wildman–Crippen MR) is 82.9 cm³/mol. The summed E-state index contributed by atoms with van der Waals surface area (Å²) < 4.78 is 12.5. The van der Waals surface area contributed by atoms with Crippen LogP contribution < -0.4 is 5.73 Å².